The molecule has 0 aromatic rings. The SMILES string of the molecule is O=S(=O)(O)NC1CCCCC1.[CaH2]. The van der Waals surface area contributed by atoms with E-state index in [1.807, 2.05) is 0 Å². The number of nitrogens with one attached hydrogen (secondary N) is 1. The fourth-order valence-electron chi connectivity index (χ4n) is 1.43. The molecule has 4 nitrogen and oxygen atoms in total. The van der Waals surface area contributed by atoms with Crippen LogP contribution in [-0.4, -0.2) is 56.8 Å². The van der Waals surface area contributed by atoms with E-state index < -0.39 is 10.3 Å². The van der Waals surface area contributed by atoms with Crippen molar-refractivity contribution in [3.8, 4) is 0 Å². The minimum atomic E-state index is -3.97. The molecule has 0 radical (unpaired) electrons. The van der Waals surface area contributed by atoms with E-state index in [0.717, 1.165) is 25.7 Å². The summed E-state index contributed by atoms with van der Waals surface area (Å²) in [5.41, 5.74) is 0. The van der Waals surface area contributed by atoms with Gasteiger partial charge >= 0.3 is 48.0 Å². The number of hydrogen-bond acceptors (Lipinski definition) is 2. The van der Waals surface area contributed by atoms with Gasteiger partial charge in [-0.2, -0.15) is 13.1 Å². The molecule has 0 aliphatic heterocycles. The van der Waals surface area contributed by atoms with Gasteiger partial charge in [-0.1, -0.05) is 19.3 Å². The van der Waals surface area contributed by atoms with Crippen LogP contribution in [0.2, 0.25) is 0 Å². The summed E-state index contributed by atoms with van der Waals surface area (Å²) in [4.78, 5) is 0. The van der Waals surface area contributed by atoms with Crippen LogP contribution < -0.4 is 4.72 Å². The van der Waals surface area contributed by atoms with E-state index in [1.54, 1.807) is 0 Å². The van der Waals surface area contributed by atoms with Crippen molar-refractivity contribution in [3.05, 3.63) is 0 Å². The summed E-state index contributed by atoms with van der Waals surface area (Å²) in [7, 11) is -3.97. The van der Waals surface area contributed by atoms with E-state index in [4.69, 9.17) is 4.55 Å². The predicted octanol–water partition coefficient (Wildman–Crippen LogP) is -0.205. The van der Waals surface area contributed by atoms with Gasteiger partial charge in [-0.25, -0.2) is 0 Å². The second-order valence-corrected chi connectivity index (χ2v) is 4.11. The molecule has 1 aliphatic carbocycles. The van der Waals surface area contributed by atoms with E-state index in [2.05, 4.69) is 4.72 Å². The van der Waals surface area contributed by atoms with Crippen molar-refractivity contribution in [2.45, 2.75) is 38.1 Å². The summed E-state index contributed by atoms with van der Waals surface area (Å²) in [5.74, 6) is 0. The first kappa shape index (κ1) is 13.1. The average molecular weight is 221 g/mol. The molecule has 0 bridgehead atoms. The van der Waals surface area contributed by atoms with Crippen molar-refractivity contribution in [1.29, 1.82) is 0 Å². The van der Waals surface area contributed by atoms with Gasteiger partial charge in [0, 0.05) is 6.04 Å². The van der Waals surface area contributed by atoms with E-state index in [9.17, 15) is 8.42 Å². The molecule has 2 N–H and O–H groups in total. The van der Waals surface area contributed by atoms with Gasteiger partial charge in [0.25, 0.3) is 0 Å². The molecule has 0 amide bonds. The van der Waals surface area contributed by atoms with Crippen molar-refractivity contribution in [1.82, 2.24) is 4.72 Å². The van der Waals surface area contributed by atoms with Crippen molar-refractivity contribution >= 4 is 48.0 Å². The Hall–Kier alpha value is 1.13. The van der Waals surface area contributed by atoms with Crippen LogP contribution in [0.5, 0.6) is 0 Å². The Kier molecular flexibility index (Phi) is 6.32. The number of hydrogen-bond donors (Lipinski definition) is 2. The molecule has 70 valence electrons. The summed E-state index contributed by atoms with van der Waals surface area (Å²) < 4.78 is 31.3. The molecule has 1 aliphatic rings. The average Bonchev–Trinajstić information content (AvgIpc) is 1.85. The molecular formula is C6H15CaNO3S. The van der Waals surface area contributed by atoms with Gasteiger partial charge in [0.2, 0.25) is 0 Å². The molecule has 0 aromatic carbocycles. The molecule has 0 heterocycles. The standard InChI is InChI=1S/C6H13NO3S.Ca.2H/c8-11(9,10)7-6-4-2-1-3-5-6;;;/h6-7H,1-5H2,(H,8,9,10);;;. The molecule has 0 spiro atoms. The van der Waals surface area contributed by atoms with E-state index in [0.29, 0.717) is 0 Å². The Bertz CT molecular complexity index is 211. The van der Waals surface area contributed by atoms with Crippen LogP contribution in [0.25, 0.3) is 0 Å². The van der Waals surface area contributed by atoms with Gasteiger partial charge in [0.1, 0.15) is 0 Å². The van der Waals surface area contributed by atoms with Crippen molar-refractivity contribution in [3.63, 3.8) is 0 Å². The Morgan fingerprint density at radius 2 is 1.67 bits per heavy atom. The summed E-state index contributed by atoms with van der Waals surface area (Å²) in [5, 5.41) is 0. The molecule has 1 saturated carbocycles. The molecule has 1 fully saturated rings. The van der Waals surface area contributed by atoms with Crippen LogP contribution >= 0.6 is 0 Å². The quantitative estimate of drug-likeness (QED) is 0.501. The first-order chi connectivity index (χ1) is 5.08. The number of rotatable bonds is 2. The van der Waals surface area contributed by atoms with Crippen LogP contribution in [0.3, 0.4) is 0 Å². The molecule has 0 unspecified atom stereocenters. The third kappa shape index (κ3) is 5.72. The van der Waals surface area contributed by atoms with Crippen LogP contribution in [0.4, 0.5) is 0 Å². The Labute approximate surface area is 103 Å². The third-order valence-corrected chi connectivity index (χ3v) is 2.55. The minimum absolute atomic E-state index is 0. The molecule has 0 atom stereocenters. The summed E-state index contributed by atoms with van der Waals surface area (Å²) in [6, 6.07) is -0.0428. The Balaban J connectivity index is 0.00000121. The zero-order valence-corrected chi connectivity index (χ0v) is 7.10. The predicted molar refractivity (Wildman–Crippen MR) is 50.1 cm³/mol. The Morgan fingerprint density at radius 1 is 1.17 bits per heavy atom. The fraction of sp³-hybridized carbons (Fsp3) is 1.00. The topological polar surface area (TPSA) is 66.4 Å². The van der Waals surface area contributed by atoms with E-state index in [-0.39, 0.29) is 43.8 Å². The van der Waals surface area contributed by atoms with Crippen molar-refractivity contribution in [2.24, 2.45) is 0 Å². The van der Waals surface area contributed by atoms with Gasteiger partial charge < -0.3 is 0 Å². The van der Waals surface area contributed by atoms with Gasteiger partial charge in [0.05, 0.1) is 0 Å². The zero-order valence-electron chi connectivity index (χ0n) is 6.28. The molecular weight excluding hydrogens is 206 g/mol. The first-order valence-electron chi connectivity index (χ1n) is 3.83. The van der Waals surface area contributed by atoms with E-state index in [1.165, 1.54) is 6.42 Å². The molecule has 1 rings (SSSR count). The normalized spacial score (nSPS) is 20.1. The van der Waals surface area contributed by atoms with Gasteiger partial charge in [0.15, 0.2) is 0 Å². The van der Waals surface area contributed by atoms with Crippen LogP contribution in [0.1, 0.15) is 32.1 Å². The molecule has 0 aromatic heterocycles. The van der Waals surface area contributed by atoms with Gasteiger partial charge in [-0.15, -0.1) is 0 Å². The monoisotopic (exact) mass is 221 g/mol. The molecule has 0 saturated heterocycles. The molecule has 12 heavy (non-hydrogen) atoms. The van der Waals surface area contributed by atoms with Gasteiger partial charge in [-0.05, 0) is 12.8 Å². The maximum atomic E-state index is 10.3. The third-order valence-electron chi connectivity index (χ3n) is 1.92. The summed E-state index contributed by atoms with van der Waals surface area (Å²) in [6.45, 7) is 0. The fourth-order valence-corrected chi connectivity index (χ4v) is 2.09. The van der Waals surface area contributed by atoms with Crippen molar-refractivity contribution in [2.75, 3.05) is 0 Å². The zero-order chi connectivity index (χ0) is 8.32. The van der Waals surface area contributed by atoms with E-state index >= 15 is 0 Å². The summed E-state index contributed by atoms with van der Waals surface area (Å²) >= 11 is 0. The van der Waals surface area contributed by atoms with Crippen LogP contribution in [0.15, 0.2) is 0 Å². The Morgan fingerprint density at radius 3 is 2.08 bits per heavy atom. The summed E-state index contributed by atoms with van der Waals surface area (Å²) in [6.07, 6.45) is 4.96. The van der Waals surface area contributed by atoms with Gasteiger partial charge in [-0.3, -0.25) is 4.55 Å². The second kappa shape index (κ2) is 5.78. The van der Waals surface area contributed by atoms with Crippen molar-refractivity contribution < 1.29 is 13.0 Å². The second-order valence-electron chi connectivity index (χ2n) is 2.93. The van der Waals surface area contributed by atoms with Crippen LogP contribution in [-0.2, 0) is 10.3 Å². The molecule has 6 heteroatoms. The van der Waals surface area contributed by atoms with Crippen LogP contribution in [0, 0.1) is 0 Å². The maximum absolute atomic E-state index is 10.3. The first-order valence-corrected chi connectivity index (χ1v) is 5.27.